The van der Waals surface area contributed by atoms with Crippen LogP contribution >= 0.6 is 0 Å². The number of carbonyl (C=O) groups excluding carboxylic acids is 2. The summed E-state index contributed by atoms with van der Waals surface area (Å²) in [6, 6.07) is -0.558. The fourth-order valence-corrected chi connectivity index (χ4v) is 6.93. The van der Waals surface area contributed by atoms with Gasteiger partial charge in [0.05, 0.1) is 25.4 Å². The van der Waals surface area contributed by atoms with E-state index >= 15 is 0 Å². The molecule has 0 aliphatic heterocycles. The predicted octanol–water partition coefficient (Wildman–Crippen LogP) is 12.5. The van der Waals surface area contributed by atoms with Crippen molar-refractivity contribution in [2.75, 3.05) is 13.2 Å². The Morgan fingerprint density at radius 1 is 0.480 bits per heavy atom. The van der Waals surface area contributed by atoms with E-state index in [9.17, 15) is 19.8 Å². The second kappa shape index (κ2) is 40.6. The summed E-state index contributed by atoms with van der Waals surface area (Å²) in [5, 5.41) is 23.1. The summed E-state index contributed by atoms with van der Waals surface area (Å²) in [7, 11) is 0. The fourth-order valence-electron chi connectivity index (χ4n) is 6.93. The molecule has 6 nitrogen and oxygen atoms in total. The summed E-state index contributed by atoms with van der Waals surface area (Å²) >= 11 is 0. The molecule has 0 bridgehead atoms. The lowest BCUT2D eigenvalue weighted by molar-refractivity contribution is -0.143. The number of carbonyl (C=O) groups is 2. The SMILES string of the molecule is CCCCCCCCCCCCCCCC(O)C(CO)NC(=O)CCCCCCCCCCCOC(=O)CCCCCCCCCCCCC. The van der Waals surface area contributed by atoms with Crippen molar-refractivity contribution in [2.24, 2.45) is 0 Å². The van der Waals surface area contributed by atoms with Crippen molar-refractivity contribution >= 4 is 11.9 Å². The van der Waals surface area contributed by atoms with Gasteiger partial charge in [-0.1, -0.05) is 206 Å². The van der Waals surface area contributed by atoms with Gasteiger partial charge in [-0.3, -0.25) is 9.59 Å². The molecule has 0 rings (SSSR count). The highest BCUT2D eigenvalue weighted by Crippen LogP contribution is 2.16. The van der Waals surface area contributed by atoms with Gasteiger partial charge in [-0.15, -0.1) is 0 Å². The van der Waals surface area contributed by atoms with Crippen LogP contribution in [0.25, 0.3) is 0 Å². The first-order valence-electron chi connectivity index (χ1n) is 22.3. The molecule has 0 fully saturated rings. The van der Waals surface area contributed by atoms with Crippen LogP contribution in [0.1, 0.15) is 245 Å². The minimum Gasteiger partial charge on any atom is -0.466 e. The number of nitrogens with one attached hydrogen (secondary N) is 1. The lowest BCUT2D eigenvalue weighted by atomic mass is 10.0. The number of unbranched alkanes of at least 4 members (excludes halogenated alkanes) is 30. The van der Waals surface area contributed by atoms with E-state index in [1.54, 1.807) is 0 Å². The maximum absolute atomic E-state index is 12.4. The van der Waals surface area contributed by atoms with Crippen molar-refractivity contribution in [3.8, 4) is 0 Å². The highest BCUT2D eigenvalue weighted by Gasteiger charge is 2.20. The molecular formula is C44H87NO5. The Labute approximate surface area is 311 Å². The molecule has 3 N–H and O–H groups in total. The lowest BCUT2D eigenvalue weighted by Crippen LogP contribution is -2.45. The van der Waals surface area contributed by atoms with Gasteiger partial charge in [-0.05, 0) is 25.7 Å². The Hall–Kier alpha value is -1.14. The van der Waals surface area contributed by atoms with Gasteiger partial charge in [0.1, 0.15) is 0 Å². The van der Waals surface area contributed by atoms with Gasteiger partial charge in [-0.25, -0.2) is 0 Å². The van der Waals surface area contributed by atoms with Gasteiger partial charge in [-0.2, -0.15) is 0 Å². The molecule has 0 saturated carbocycles. The van der Waals surface area contributed by atoms with Gasteiger partial charge in [0.2, 0.25) is 5.91 Å². The van der Waals surface area contributed by atoms with Crippen LogP contribution in [0.5, 0.6) is 0 Å². The number of ether oxygens (including phenoxy) is 1. The number of hydrogen-bond acceptors (Lipinski definition) is 5. The normalized spacial score (nSPS) is 12.6. The topological polar surface area (TPSA) is 95.9 Å². The zero-order chi connectivity index (χ0) is 36.6. The summed E-state index contributed by atoms with van der Waals surface area (Å²) < 4.78 is 5.42. The Bertz CT molecular complexity index is 702. The van der Waals surface area contributed by atoms with Crippen LogP contribution in [0.4, 0.5) is 0 Å². The first-order valence-corrected chi connectivity index (χ1v) is 22.3. The first kappa shape index (κ1) is 48.9. The number of amides is 1. The van der Waals surface area contributed by atoms with Crippen molar-refractivity contribution in [3.05, 3.63) is 0 Å². The van der Waals surface area contributed by atoms with Crippen LogP contribution in [0.2, 0.25) is 0 Å². The van der Waals surface area contributed by atoms with E-state index in [1.807, 2.05) is 0 Å². The number of esters is 1. The van der Waals surface area contributed by atoms with Crippen molar-refractivity contribution in [2.45, 2.75) is 257 Å². The van der Waals surface area contributed by atoms with E-state index in [4.69, 9.17) is 4.74 Å². The van der Waals surface area contributed by atoms with Crippen LogP contribution < -0.4 is 5.32 Å². The molecule has 0 spiro atoms. The van der Waals surface area contributed by atoms with E-state index in [1.165, 1.54) is 154 Å². The summed E-state index contributed by atoms with van der Waals surface area (Å²) in [5.74, 6) is -0.0874. The van der Waals surface area contributed by atoms with Crippen molar-refractivity contribution in [1.82, 2.24) is 5.32 Å². The summed E-state index contributed by atoms with van der Waals surface area (Å²) in [6.07, 6.45) is 41.9. The zero-order valence-electron chi connectivity index (χ0n) is 33.6. The molecule has 0 aliphatic carbocycles. The van der Waals surface area contributed by atoms with Crippen LogP contribution in [-0.4, -0.2) is 47.4 Å². The lowest BCUT2D eigenvalue weighted by Gasteiger charge is -2.22. The molecular weight excluding hydrogens is 622 g/mol. The molecule has 6 heteroatoms. The predicted molar refractivity (Wildman–Crippen MR) is 214 cm³/mol. The molecule has 2 unspecified atom stereocenters. The Kier molecular flexibility index (Phi) is 39.7. The second-order valence-corrected chi connectivity index (χ2v) is 15.4. The van der Waals surface area contributed by atoms with Gasteiger partial charge in [0.15, 0.2) is 0 Å². The van der Waals surface area contributed by atoms with E-state index in [0.717, 1.165) is 57.8 Å². The highest BCUT2D eigenvalue weighted by atomic mass is 16.5. The maximum atomic E-state index is 12.4. The number of rotatable bonds is 41. The summed E-state index contributed by atoms with van der Waals surface area (Å²) in [6.45, 7) is 4.88. The van der Waals surface area contributed by atoms with E-state index in [2.05, 4.69) is 19.2 Å². The third kappa shape index (κ3) is 36.6. The second-order valence-electron chi connectivity index (χ2n) is 15.4. The molecule has 0 aromatic rings. The minimum atomic E-state index is -0.678. The minimum absolute atomic E-state index is 0.0253. The molecule has 0 saturated heterocycles. The van der Waals surface area contributed by atoms with E-state index < -0.39 is 12.1 Å². The molecule has 0 heterocycles. The van der Waals surface area contributed by atoms with Crippen molar-refractivity contribution in [3.63, 3.8) is 0 Å². The quantitative estimate of drug-likeness (QED) is 0.0434. The van der Waals surface area contributed by atoms with Gasteiger partial charge < -0.3 is 20.3 Å². The Morgan fingerprint density at radius 3 is 1.22 bits per heavy atom. The number of aliphatic hydroxyl groups is 2. The Morgan fingerprint density at radius 2 is 0.820 bits per heavy atom. The average molecular weight is 710 g/mol. The molecule has 50 heavy (non-hydrogen) atoms. The van der Waals surface area contributed by atoms with Crippen LogP contribution in [0.15, 0.2) is 0 Å². The monoisotopic (exact) mass is 710 g/mol. The molecule has 0 aromatic heterocycles. The van der Waals surface area contributed by atoms with Gasteiger partial charge in [0.25, 0.3) is 0 Å². The van der Waals surface area contributed by atoms with E-state index in [-0.39, 0.29) is 18.5 Å². The van der Waals surface area contributed by atoms with Crippen molar-refractivity contribution in [1.29, 1.82) is 0 Å². The average Bonchev–Trinajstić information content (AvgIpc) is 3.11. The van der Waals surface area contributed by atoms with Gasteiger partial charge in [0, 0.05) is 12.8 Å². The fraction of sp³-hybridized carbons (Fsp3) is 0.955. The third-order valence-electron chi connectivity index (χ3n) is 10.4. The largest absolute Gasteiger partial charge is 0.466 e. The van der Waals surface area contributed by atoms with Crippen LogP contribution in [-0.2, 0) is 14.3 Å². The van der Waals surface area contributed by atoms with E-state index in [0.29, 0.717) is 25.9 Å². The zero-order valence-corrected chi connectivity index (χ0v) is 33.6. The molecule has 0 aliphatic rings. The van der Waals surface area contributed by atoms with Crippen molar-refractivity contribution < 1.29 is 24.5 Å². The smallest absolute Gasteiger partial charge is 0.305 e. The maximum Gasteiger partial charge on any atom is 0.305 e. The van der Waals surface area contributed by atoms with Crippen LogP contribution in [0, 0.1) is 0 Å². The molecule has 2 atom stereocenters. The molecule has 298 valence electrons. The third-order valence-corrected chi connectivity index (χ3v) is 10.4. The Balaban J connectivity index is 3.50. The van der Waals surface area contributed by atoms with Crippen LogP contribution in [0.3, 0.4) is 0 Å². The standard InChI is InChI=1S/C44H87NO5/c1-3-5-7-9-11-13-15-16-18-20-24-28-32-36-42(47)41(40-46)45-43(48)37-33-29-25-21-19-23-27-31-35-39-50-44(49)38-34-30-26-22-17-14-12-10-8-6-4-2/h41-42,46-47H,3-40H2,1-2H3,(H,45,48). The molecule has 0 radical (unpaired) electrons. The molecule has 0 aromatic carbocycles. The molecule has 1 amide bonds. The highest BCUT2D eigenvalue weighted by molar-refractivity contribution is 5.76. The first-order chi connectivity index (χ1) is 24.5. The number of hydrogen-bond donors (Lipinski definition) is 3. The number of aliphatic hydroxyl groups excluding tert-OH is 2. The summed E-state index contributed by atoms with van der Waals surface area (Å²) in [5.41, 5.74) is 0. The summed E-state index contributed by atoms with van der Waals surface area (Å²) in [4.78, 5) is 24.3. The van der Waals surface area contributed by atoms with Gasteiger partial charge >= 0.3 is 5.97 Å².